The molecule has 0 amide bonds. The Morgan fingerprint density at radius 1 is 0.426 bits per heavy atom. The molecule has 0 aliphatic heterocycles. The predicted molar refractivity (Wildman–Crippen MR) is 250 cm³/mol. The van der Waals surface area contributed by atoms with Crippen LogP contribution < -0.4 is 0 Å². The predicted octanol–water partition coefficient (Wildman–Crippen LogP) is 13.4. The van der Waals surface area contributed by atoms with Crippen LogP contribution in [0.1, 0.15) is 214 Å². The van der Waals surface area contributed by atoms with E-state index in [0.717, 1.165) is 116 Å². The molecule has 0 aromatic heterocycles. The molecule has 0 saturated carbocycles. The zero-order chi connectivity index (χ0) is 44.9. The van der Waals surface area contributed by atoms with E-state index in [-0.39, 0.29) is 44.3 Å². The van der Waals surface area contributed by atoms with Crippen LogP contribution in [0.4, 0.5) is 4.79 Å². The van der Waals surface area contributed by atoms with Crippen LogP contribution in [-0.2, 0) is 38.1 Å². The molecule has 356 valence electrons. The summed E-state index contributed by atoms with van der Waals surface area (Å²) in [5, 5.41) is 0. The Bertz CT molecular complexity index is 1090. The third-order valence-electron chi connectivity index (χ3n) is 11.1. The maximum atomic E-state index is 12.6. The molecular formula is C51H93NO9. The van der Waals surface area contributed by atoms with Crippen molar-refractivity contribution >= 4 is 24.1 Å². The number of esters is 3. The van der Waals surface area contributed by atoms with Gasteiger partial charge in [0.2, 0.25) is 0 Å². The van der Waals surface area contributed by atoms with Gasteiger partial charge < -0.3 is 28.6 Å². The summed E-state index contributed by atoms with van der Waals surface area (Å²) >= 11 is 0. The highest BCUT2D eigenvalue weighted by Gasteiger charge is 2.19. The molecule has 10 nitrogen and oxygen atoms in total. The van der Waals surface area contributed by atoms with Crippen molar-refractivity contribution in [3.8, 4) is 0 Å². The van der Waals surface area contributed by atoms with E-state index >= 15 is 0 Å². The lowest BCUT2D eigenvalue weighted by Crippen LogP contribution is -2.27. The Balaban J connectivity index is 4.43. The summed E-state index contributed by atoms with van der Waals surface area (Å²) in [6.07, 6.45) is 36.0. The highest BCUT2D eigenvalue weighted by Crippen LogP contribution is 2.18. The second-order valence-electron chi connectivity index (χ2n) is 16.8. The van der Waals surface area contributed by atoms with Crippen LogP contribution in [0.15, 0.2) is 24.3 Å². The first kappa shape index (κ1) is 58.1. The van der Waals surface area contributed by atoms with Crippen molar-refractivity contribution in [1.82, 2.24) is 4.90 Å². The quantitative estimate of drug-likeness (QED) is 0.0253. The first-order valence-corrected chi connectivity index (χ1v) is 25.1. The fourth-order valence-electron chi connectivity index (χ4n) is 7.11. The number of hydrogen-bond acceptors (Lipinski definition) is 10. The maximum absolute atomic E-state index is 12.6. The van der Waals surface area contributed by atoms with Crippen LogP contribution in [0.3, 0.4) is 0 Å². The fourth-order valence-corrected chi connectivity index (χ4v) is 7.11. The molecule has 0 saturated heterocycles. The fraction of sp³-hybridized carbons (Fsp3) is 0.843. The van der Waals surface area contributed by atoms with E-state index in [0.29, 0.717) is 44.6 Å². The number of allylic oxidation sites excluding steroid dienone is 4. The first-order valence-electron chi connectivity index (χ1n) is 25.1. The number of rotatable bonds is 44. The summed E-state index contributed by atoms with van der Waals surface area (Å²) in [5.41, 5.74) is 0. The van der Waals surface area contributed by atoms with E-state index in [1.807, 2.05) is 0 Å². The number of nitrogens with zero attached hydrogens (tertiary/aromatic N) is 1. The highest BCUT2D eigenvalue weighted by molar-refractivity contribution is 5.70. The van der Waals surface area contributed by atoms with Gasteiger partial charge in [-0.15, -0.1) is 0 Å². The Morgan fingerprint density at radius 3 is 1.38 bits per heavy atom. The maximum Gasteiger partial charge on any atom is 0.508 e. The molecule has 0 N–H and O–H groups in total. The Kier molecular flexibility index (Phi) is 43.0. The van der Waals surface area contributed by atoms with Crippen molar-refractivity contribution in [2.24, 2.45) is 11.8 Å². The van der Waals surface area contributed by atoms with Gasteiger partial charge in [-0.25, -0.2) is 4.79 Å². The third-order valence-corrected chi connectivity index (χ3v) is 11.1. The zero-order valence-electron chi connectivity index (χ0n) is 40.0. The average molecular weight is 864 g/mol. The lowest BCUT2D eigenvalue weighted by molar-refractivity contribution is -0.150. The minimum absolute atomic E-state index is 0.00642. The Labute approximate surface area is 374 Å². The van der Waals surface area contributed by atoms with E-state index in [9.17, 15) is 19.2 Å². The summed E-state index contributed by atoms with van der Waals surface area (Å²) in [5.74, 6) is -0.723. The van der Waals surface area contributed by atoms with Crippen LogP contribution in [-0.4, -0.2) is 81.6 Å². The largest absolute Gasteiger partial charge is 0.508 e. The number of carbonyl (C=O) groups excluding carboxylic acids is 4. The van der Waals surface area contributed by atoms with E-state index in [2.05, 4.69) is 63.8 Å². The SMILES string of the molecule is CCCCC/C=C\C/C=C\CCCCCCCC(=O)OCC(COC(=O)CCCCCCCCC(=O)OCC(CCC)CCCCCC)COC(=O)OCCCN(CC)CC. The van der Waals surface area contributed by atoms with Crippen molar-refractivity contribution in [2.45, 2.75) is 214 Å². The van der Waals surface area contributed by atoms with Gasteiger partial charge in [-0.3, -0.25) is 14.4 Å². The Morgan fingerprint density at radius 2 is 0.869 bits per heavy atom. The lowest BCUT2D eigenvalue weighted by Gasteiger charge is -2.18. The van der Waals surface area contributed by atoms with Crippen molar-refractivity contribution in [3.05, 3.63) is 24.3 Å². The molecule has 0 heterocycles. The van der Waals surface area contributed by atoms with E-state index in [1.54, 1.807) is 0 Å². The van der Waals surface area contributed by atoms with Crippen LogP contribution in [0.2, 0.25) is 0 Å². The van der Waals surface area contributed by atoms with Crippen LogP contribution in [0.5, 0.6) is 0 Å². The molecule has 0 aromatic rings. The molecule has 0 bridgehead atoms. The molecule has 10 heteroatoms. The van der Waals surface area contributed by atoms with Gasteiger partial charge in [0.15, 0.2) is 0 Å². The number of ether oxygens (including phenoxy) is 5. The summed E-state index contributed by atoms with van der Waals surface area (Å²) in [4.78, 5) is 52.0. The van der Waals surface area contributed by atoms with Gasteiger partial charge in [-0.2, -0.15) is 0 Å². The van der Waals surface area contributed by atoms with Gasteiger partial charge in [0.25, 0.3) is 0 Å². The second-order valence-corrected chi connectivity index (χ2v) is 16.8. The van der Waals surface area contributed by atoms with E-state index in [4.69, 9.17) is 23.7 Å². The minimum Gasteiger partial charge on any atom is -0.465 e. The molecule has 2 atom stereocenters. The molecule has 0 fully saturated rings. The van der Waals surface area contributed by atoms with E-state index < -0.39 is 12.1 Å². The van der Waals surface area contributed by atoms with Gasteiger partial charge in [-0.05, 0) is 89.6 Å². The normalized spacial score (nSPS) is 12.6. The number of unbranched alkanes of at least 4 members (excludes halogenated alkanes) is 16. The monoisotopic (exact) mass is 864 g/mol. The van der Waals surface area contributed by atoms with Gasteiger partial charge in [-0.1, -0.05) is 149 Å². The summed E-state index contributed by atoms with van der Waals surface area (Å²) in [6.45, 7) is 14.2. The third kappa shape index (κ3) is 40.9. The highest BCUT2D eigenvalue weighted by atomic mass is 16.7. The van der Waals surface area contributed by atoms with Crippen molar-refractivity contribution in [2.75, 3.05) is 52.7 Å². The zero-order valence-corrected chi connectivity index (χ0v) is 40.0. The van der Waals surface area contributed by atoms with Crippen molar-refractivity contribution < 1.29 is 42.9 Å². The number of carbonyl (C=O) groups is 4. The van der Waals surface area contributed by atoms with E-state index in [1.165, 1.54) is 51.4 Å². The molecule has 2 unspecified atom stereocenters. The lowest BCUT2D eigenvalue weighted by atomic mass is 9.97. The van der Waals surface area contributed by atoms with Gasteiger partial charge in [0.1, 0.15) is 19.8 Å². The summed E-state index contributed by atoms with van der Waals surface area (Å²) in [6, 6.07) is 0. The van der Waals surface area contributed by atoms with Crippen LogP contribution >= 0.6 is 0 Å². The number of hydrogen-bond donors (Lipinski definition) is 0. The topological polar surface area (TPSA) is 118 Å². The van der Waals surface area contributed by atoms with Gasteiger partial charge in [0, 0.05) is 25.8 Å². The molecule has 61 heavy (non-hydrogen) atoms. The molecule has 0 aromatic carbocycles. The van der Waals surface area contributed by atoms with Crippen LogP contribution in [0, 0.1) is 11.8 Å². The standard InChI is InChI=1S/C51H93NO9/c1-6-11-13-15-16-17-18-19-20-21-22-23-24-27-31-38-49(54)59-43-47(45-61-51(56)57-41-34-40-52(9-4)10-5)44-60-50(55)39-33-29-26-25-28-32-37-48(53)58-42-46(35-8-3)36-30-14-12-7-2/h16-17,19-20,46-47H,6-15,18,21-45H2,1-5H3/b17-16-,20-19-. The van der Waals surface area contributed by atoms with Gasteiger partial charge in [0.05, 0.1) is 19.1 Å². The summed E-state index contributed by atoms with van der Waals surface area (Å²) in [7, 11) is 0. The Hall–Kier alpha value is -2.88. The second kappa shape index (κ2) is 45.2. The average Bonchev–Trinajstić information content (AvgIpc) is 3.26. The molecule has 0 spiro atoms. The van der Waals surface area contributed by atoms with Gasteiger partial charge >= 0.3 is 24.1 Å². The van der Waals surface area contributed by atoms with Crippen molar-refractivity contribution in [3.63, 3.8) is 0 Å². The molecule has 0 radical (unpaired) electrons. The summed E-state index contributed by atoms with van der Waals surface area (Å²) < 4.78 is 27.3. The van der Waals surface area contributed by atoms with Crippen molar-refractivity contribution in [1.29, 1.82) is 0 Å². The molecule has 0 aliphatic carbocycles. The van der Waals surface area contributed by atoms with Crippen LogP contribution in [0.25, 0.3) is 0 Å². The molecule has 0 rings (SSSR count). The minimum atomic E-state index is -0.780. The molecular weight excluding hydrogens is 771 g/mol. The molecule has 0 aliphatic rings. The smallest absolute Gasteiger partial charge is 0.465 e. The first-order chi connectivity index (χ1) is 29.8.